The van der Waals surface area contributed by atoms with E-state index in [1.165, 1.54) is 24.9 Å². The number of nitrogens with zero attached hydrogens (tertiary/aromatic N) is 4. The zero-order valence-corrected chi connectivity index (χ0v) is 16.5. The molecule has 4 rings (SSSR count). The number of aromatic nitrogens is 2. The van der Waals surface area contributed by atoms with Crippen LogP contribution in [0.4, 0.5) is 5.13 Å². The maximum absolute atomic E-state index is 5.96. The van der Waals surface area contributed by atoms with Crippen molar-refractivity contribution in [3.8, 4) is 0 Å². The molecule has 1 aromatic carbocycles. The van der Waals surface area contributed by atoms with Crippen LogP contribution in [0.5, 0.6) is 0 Å². The van der Waals surface area contributed by atoms with E-state index in [2.05, 4.69) is 32.1 Å². The van der Waals surface area contributed by atoms with Crippen LogP contribution in [0.3, 0.4) is 0 Å². The first-order chi connectivity index (χ1) is 12.8. The summed E-state index contributed by atoms with van der Waals surface area (Å²) >= 11 is 7.69. The first-order valence-electron chi connectivity index (χ1n) is 9.38. The van der Waals surface area contributed by atoms with Crippen molar-refractivity contribution in [3.05, 3.63) is 39.9 Å². The quantitative estimate of drug-likeness (QED) is 0.780. The van der Waals surface area contributed by atoms with Gasteiger partial charge in [0.1, 0.15) is 5.01 Å². The lowest BCUT2D eigenvalue weighted by Gasteiger charge is -2.36. The third-order valence-corrected chi connectivity index (χ3v) is 6.37. The highest BCUT2D eigenvalue weighted by molar-refractivity contribution is 7.15. The van der Waals surface area contributed by atoms with E-state index in [4.69, 9.17) is 16.3 Å². The molecular weight excluding hydrogens is 368 g/mol. The minimum atomic E-state index is 0.713. The molecule has 2 aromatic rings. The van der Waals surface area contributed by atoms with Crippen molar-refractivity contribution < 1.29 is 4.74 Å². The number of ether oxygens (including phenoxy) is 1. The molecule has 2 aliphatic heterocycles. The van der Waals surface area contributed by atoms with Gasteiger partial charge < -0.3 is 9.64 Å². The first kappa shape index (κ1) is 18.2. The van der Waals surface area contributed by atoms with Crippen molar-refractivity contribution in [1.82, 2.24) is 15.1 Å². The van der Waals surface area contributed by atoms with Gasteiger partial charge in [0.05, 0.1) is 13.2 Å². The molecule has 3 heterocycles. The topological polar surface area (TPSA) is 41.5 Å². The van der Waals surface area contributed by atoms with Crippen LogP contribution in [0.15, 0.2) is 24.3 Å². The van der Waals surface area contributed by atoms with Crippen molar-refractivity contribution in [3.63, 3.8) is 0 Å². The Bertz CT molecular complexity index is 702. The van der Waals surface area contributed by atoms with Gasteiger partial charge in [0, 0.05) is 44.2 Å². The van der Waals surface area contributed by atoms with Crippen LogP contribution in [0.1, 0.15) is 23.4 Å². The number of benzene rings is 1. The third kappa shape index (κ3) is 4.74. The largest absolute Gasteiger partial charge is 0.379 e. The Kier molecular flexibility index (Phi) is 6.05. The van der Waals surface area contributed by atoms with E-state index in [-0.39, 0.29) is 0 Å². The lowest BCUT2D eigenvalue weighted by Crippen LogP contribution is -2.44. The minimum Gasteiger partial charge on any atom is -0.379 e. The lowest BCUT2D eigenvalue weighted by atomic mass is 9.97. The van der Waals surface area contributed by atoms with Crippen LogP contribution in [-0.2, 0) is 11.2 Å². The fourth-order valence-electron chi connectivity index (χ4n) is 3.76. The predicted molar refractivity (Wildman–Crippen MR) is 106 cm³/mol. The van der Waals surface area contributed by atoms with Gasteiger partial charge in [0.15, 0.2) is 0 Å². The molecule has 140 valence electrons. The number of anilines is 1. The van der Waals surface area contributed by atoms with E-state index in [0.717, 1.165) is 61.0 Å². The Morgan fingerprint density at radius 1 is 1.12 bits per heavy atom. The van der Waals surface area contributed by atoms with Crippen molar-refractivity contribution in [2.45, 2.75) is 19.3 Å². The summed E-state index contributed by atoms with van der Waals surface area (Å²) in [5, 5.41) is 11.8. The standard InChI is InChI=1S/C19H25ClN4OS/c20-17-5-3-15(4-6-17)12-18-21-22-19(26-18)24-7-1-2-16(14-24)13-23-8-10-25-11-9-23/h3-6,16H,1-2,7-14H2. The predicted octanol–water partition coefficient (Wildman–Crippen LogP) is 3.33. The van der Waals surface area contributed by atoms with E-state index >= 15 is 0 Å². The number of hydrogen-bond donors (Lipinski definition) is 0. The average molecular weight is 393 g/mol. The lowest BCUT2D eigenvalue weighted by molar-refractivity contribution is 0.0296. The molecule has 2 aliphatic rings. The van der Waals surface area contributed by atoms with Crippen LogP contribution < -0.4 is 4.90 Å². The molecule has 1 atom stereocenters. The molecular formula is C19H25ClN4OS. The molecule has 26 heavy (non-hydrogen) atoms. The summed E-state index contributed by atoms with van der Waals surface area (Å²) in [6.07, 6.45) is 3.37. The van der Waals surface area contributed by atoms with Crippen LogP contribution in [-0.4, -0.2) is 61.0 Å². The molecule has 0 saturated carbocycles. The third-order valence-electron chi connectivity index (χ3n) is 5.13. The number of morpholine rings is 1. The number of halogens is 1. The van der Waals surface area contributed by atoms with Crippen LogP contribution in [0.2, 0.25) is 5.02 Å². The van der Waals surface area contributed by atoms with Crippen LogP contribution in [0, 0.1) is 5.92 Å². The Morgan fingerprint density at radius 2 is 1.92 bits per heavy atom. The molecule has 0 radical (unpaired) electrons. The molecule has 0 aliphatic carbocycles. The molecule has 5 nitrogen and oxygen atoms in total. The second-order valence-electron chi connectivity index (χ2n) is 7.15. The van der Waals surface area contributed by atoms with Crippen LogP contribution >= 0.6 is 22.9 Å². The van der Waals surface area contributed by atoms with Gasteiger partial charge in [-0.25, -0.2) is 0 Å². The molecule has 0 N–H and O–H groups in total. The maximum Gasteiger partial charge on any atom is 0.208 e. The monoisotopic (exact) mass is 392 g/mol. The zero-order chi connectivity index (χ0) is 17.8. The second kappa shape index (κ2) is 8.65. The van der Waals surface area contributed by atoms with Gasteiger partial charge >= 0.3 is 0 Å². The van der Waals surface area contributed by atoms with Gasteiger partial charge in [-0.05, 0) is 36.5 Å². The highest BCUT2D eigenvalue weighted by Gasteiger charge is 2.25. The van der Waals surface area contributed by atoms with E-state index in [9.17, 15) is 0 Å². The minimum absolute atomic E-state index is 0.713. The van der Waals surface area contributed by atoms with Gasteiger partial charge in [-0.1, -0.05) is 35.1 Å². The van der Waals surface area contributed by atoms with Crippen molar-refractivity contribution >= 4 is 28.1 Å². The summed E-state index contributed by atoms with van der Waals surface area (Å²) in [7, 11) is 0. The molecule has 2 fully saturated rings. The molecule has 0 bridgehead atoms. The first-order valence-corrected chi connectivity index (χ1v) is 10.6. The molecule has 0 amide bonds. The molecule has 2 saturated heterocycles. The summed E-state index contributed by atoms with van der Waals surface area (Å²) < 4.78 is 5.46. The average Bonchev–Trinajstić information content (AvgIpc) is 3.13. The Labute approximate surface area is 163 Å². The van der Waals surface area contributed by atoms with Gasteiger partial charge in [-0.15, -0.1) is 10.2 Å². The van der Waals surface area contributed by atoms with Gasteiger partial charge in [-0.2, -0.15) is 0 Å². The Morgan fingerprint density at radius 3 is 2.73 bits per heavy atom. The SMILES string of the molecule is Clc1ccc(Cc2nnc(N3CCCC(CN4CCOCC4)C3)s2)cc1. The van der Waals surface area contributed by atoms with Crippen molar-refractivity contribution in [2.24, 2.45) is 5.92 Å². The van der Waals surface area contributed by atoms with Gasteiger partial charge in [0.2, 0.25) is 5.13 Å². The van der Waals surface area contributed by atoms with Gasteiger partial charge in [0.25, 0.3) is 0 Å². The highest BCUT2D eigenvalue weighted by Crippen LogP contribution is 2.28. The van der Waals surface area contributed by atoms with Crippen molar-refractivity contribution in [2.75, 3.05) is 50.8 Å². The van der Waals surface area contributed by atoms with E-state index in [1.807, 2.05) is 12.1 Å². The number of rotatable bonds is 5. The van der Waals surface area contributed by atoms with Gasteiger partial charge in [-0.3, -0.25) is 4.90 Å². The number of piperidine rings is 1. The van der Waals surface area contributed by atoms with E-state index in [1.54, 1.807) is 11.3 Å². The second-order valence-corrected chi connectivity index (χ2v) is 8.63. The fraction of sp³-hybridized carbons (Fsp3) is 0.579. The summed E-state index contributed by atoms with van der Waals surface area (Å²) in [5.74, 6) is 0.713. The molecule has 7 heteroatoms. The smallest absolute Gasteiger partial charge is 0.208 e. The van der Waals surface area contributed by atoms with E-state index < -0.39 is 0 Å². The molecule has 1 aromatic heterocycles. The fourth-order valence-corrected chi connectivity index (χ4v) is 4.79. The summed E-state index contributed by atoms with van der Waals surface area (Å²) in [4.78, 5) is 4.97. The summed E-state index contributed by atoms with van der Waals surface area (Å²) in [6.45, 7) is 7.25. The number of hydrogen-bond acceptors (Lipinski definition) is 6. The highest BCUT2D eigenvalue weighted by atomic mass is 35.5. The Balaban J connectivity index is 1.34. The molecule has 1 unspecified atom stereocenters. The molecule has 0 spiro atoms. The van der Waals surface area contributed by atoms with E-state index in [0.29, 0.717) is 5.92 Å². The maximum atomic E-state index is 5.96. The normalized spacial score (nSPS) is 21.9. The van der Waals surface area contributed by atoms with Crippen molar-refractivity contribution in [1.29, 1.82) is 0 Å². The summed E-state index contributed by atoms with van der Waals surface area (Å²) in [6, 6.07) is 7.98. The Hall–Kier alpha value is -1.21. The zero-order valence-electron chi connectivity index (χ0n) is 14.9. The summed E-state index contributed by atoms with van der Waals surface area (Å²) in [5.41, 5.74) is 1.22. The van der Waals surface area contributed by atoms with Crippen LogP contribution in [0.25, 0.3) is 0 Å².